The Morgan fingerprint density at radius 1 is 0.926 bits per heavy atom. The second kappa shape index (κ2) is 7.01. The van der Waals surface area contributed by atoms with Gasteiger partial charge in [-0.05, 0) is 24.3 Å². The molecule has 0 saturated carbocycles. The minimum Gasteiger partial charge on any atom is -0.318 e. The summed E-state index contributed by atoms with van der Waals surface area (Å²) in [6.07, 6.45) is 0. The smallest absolute Gasteiger partial charge is 0.292 e. The molecule has 0 aliphatic rings. The first kappa shape index (κ1) is 16.9. The number of anilines is 2. The van der Waals surface area contributed by atoms with Gasteiger partial charge in [-0.2, -0.15) is 0 Å². The van der Waals surface area contributed by atoms with Crippen molar-refractivity contribution in [3.8, 4) is 11.3 Å². The van der Waals surface area contributed by atoms with Crippen molar-refractivity contribution in [1.82, 2.24) is 9.97 Å². The third-order valence-electron chi connectivity index (χ3n) is 4.05. The molecule has 0 atom stereocenters. The Morgan fingerprint density at radius 3 is 2.44 bits per heavy atom. The number of nitrogens with zero attached hydrogens (tertiary/aromatic N) is 3. The van der Waals surface area contributed by atoms with Crippen molar-refractivity contribution in [1.29, 1.82) is 0 Å². The third-order valence-corrected chi connectivity index (χ3v) is 4.29. The Bertz CT molecular complexity index is 1150. The fourth-order valence-electron chi connectivity index (χ4n) is 2.83. The number of fused-ring (bicyclic) bond motifs is 1. The zero-order valence-electron chi connectivity index (χ0n) is 14.0. The normalized spacial score (nSPS) is 10.7. The van der Waals surface area contributed by atoms with E-state index in [1.165, 1.54) is 6.07 Å². The molecule has 0 unspecified atom stereocenters. The molecule has 1 heterocycles. The minimum atomic E-state index is -0.443. The van der Waals surface area contributed by atoms with E-state index in [1.807, 2.05) is 36.4 Å². The number of rotatable bonds is 4. The van der Waals surface area contributed by atoms with Gasteiger partial charge in [0.15, 0.2) is 0 Å². The summed E-state index contributed by atoms with van der Waals surface area (Å²) in [4.78, 5) is 19.9. The van der Waals surface area contributed by atoms with Gasteiger partial charge in [0.2, 0.25) is 5.95 Å². The minimum absolute atomic E-state index is 0.0430. The standard InChI is InChI=1S/C20H13ClN4O2/c21-14-10-11-16-15(12-14)19(13-6-2-1-3-7-13)24-20(22-16)23-17-8-4-5-9-18(17)25(26)27/h1-12H,(H,22,23,24). The zero-order chi connectivity index (χ0) is 18.8. The van der Waals surface area contributed by atoms with Crippen molar-refractivity contribution >= 4 is 39.8 Å². The summed E-state index contributed by atoms with van der Waals surface area (Å²) in [5.74, 6) is 0.276. The highest BCUT2D eigenvalue weighted by Crippen LogP contribution is 2.31. The van der Waals surface area contributed by atoms with Crippen LogP contribution in [0.3, 0.4) is 0 Å². The third kappa shape index (κ3) is 3.43. The maximum atomic E-state index is 11.3. The second-order valence-corrected chi connectivity index (χ2v) is 6.26. The molecule has 0 aliphatic carbocycles. The molecule has 3 aromatic carbocycles. The van der Waals surface area contributed by atoms with Crippen LogP contribution in [0.25, 0.3) is 22.2 Å². The van der Waals surface area contributed by atoms with Gasteiger partial charge in [0.25, 0.3) is 5.69 Å². The highest BCUT2D eigenvalue weighted by molar-refractivity contribution is 6.31. The van der Waals surface area contributed by atoms with E-state index < -0.39 is 4.92 Å². The lowest BCUT2D eigenvalue weighted by molar-refractivity contribution is -0.383. The number of hydrogen-bond acceptors (Lipinski definition) is 5. The molecule has 0 bridgehead atoms. The van der Waals surface area contributed by atoms with Crippen molar-refractivity contribution in [3.05, 3.63) is 87.9 Å². The summed E-state index contributed by atoms with van der Waals surface area (Å²) in [5.41, 5.74) is 2.57. The topological polar surface area (TPSA) is 81.0 Å². The molecule has 0 amide bonds. The molecule has 1 aromatic heterocycles. The Labute approximate surface area is 159 Å². The molecule has 132 valence electrons. The molecule has 6 nitrogen and oxygen atoms in total. The van der Waals surface area contributed by atoms with E-state index in [9.17, 15) is 10.1 Å². The molecule has 0 radical (unpaired) electrons. The van der Waals surface area contributed by atoms with Gasteiger partial charge in [0.05, 0.1) is 16.1 Å². The number of nitro groups is 1. The maximum Gasteiger partial charge on any atom is 0.292 e. The number of para-hydroxylation sites is 2. The lowest BCUT2D eigenvalue weighted by Gasteiger charge is -2.11. The summed E-state index contributed by atoms with van der Waals surface area (Å²) in [6, 6.07) is 21.4. The van der Waals surface area contributed by atoms with Gasteiger partial charge in [-0.1, -0.05) is 54.1 Å². The average molecular weight is 377 g/mol. The first-order chi connectivity index (χ1) is 13.1. The van der Waals surface area contributed by atoms with Gasteiger partial charge in [0.1, 0.15) is 5.69 Å². The fraction of sp³-hybridized carbons (Fsp3) is 0. The Hall–Kier alpha value is -3.51. The van der Waals surface area contributed by atoms with Crippen LogP contribution >= 0.6 is 11.6 Å². The van der Waals surface area contributed by atoms with Crippen LogP contribution < -0.4 is 5.32 Å². The molecule has 4 rings (SSSR count). The van der Waals surface area contributed by atoms with Crippen molar-refractivity contribution < 1.29 is 4.92 Å². The maximum absolute atomic E-state index is 11.3. The number of aromatic nitrogens is 2. The van der Waals surface area contributed by atoms with E-state index in [0.29, 0.717) is 21.9 Å². The quantitative estimate of drug-likeness (QED) is 0.370. The SMILES string of the molecule is O=[N+]([O-])c1ccccc1Nc1nc(-c2ccccc2)c2cc(Cl)ccc2n1. The van der Waals surface area contributed by atoms with Crippen LogP contribution in [-0.2, 0) is 0 Å². The van der Waals surface area contributed by atoms with Crippen LogP contribution in [0, 0.1) is 10.1 Å². The van der Waals surface area contributed by atoms with E-state index in [0.717, 1.165) is 10.9 Å². The molecule has 7 heteroatoms. The second-order valence-electron chi connectivity index (χ2n) is 5.82. The Morgan fingerprint density at radius 2 is 1.67 bits per heavy atom. The van der Waals surface area contributed by atoms with E-state index in [1.54, 1.807) is 30.3 Å². The van der Waals surface area contributed by atoms with E-state index in [2.05, 4.69) is 15.3 Å². The number of halogens is 1. The summed E-state index contributed by atoms with van der Waals surface area (Å²) in [5, 5.41) is 15.6. The molecule has 1 N–H and O–H groups in total. The first-order valence-electron chi connectivity index (χ1n) is 8.15. The molecule has 0 aliphatic heterocycles. The number of nitrogens with one attached hydrogen (secondary N) is 1. The molecule has 0 saturated heterocycles. The van der Waals surface area contributed by atoms with Gasteiger partial charge < -0.3 is 5.32 Å². The van der Waals surface area contributed by atoms with Gasteiger partial charge in [-0.25, -0.2) is 9.97 Å². The molecule has 27 heavy (non-hydrogen) atoms. The number of nitro benzene ring substituents is 1. The average Bonchev–Trinajstić information content (AvgIpc) is 2.68. The Kier molecular flexibility index (Phi) is 4.40. The van der Waals surface area contributed by atoms with E-state index >= 15 is 0 Å². The Balaban J connectivity index is 1.88. The predicted molar refractivity (Wildman–Crippen MR) is 106 cm³/mol. The molecule has 4 aromatic rings. The van der Waals surface area contributed by atoms with Crippen molar-refractivity contribution in [2.75, 3.05) is 5.32 Å². The lowest BCUT2D eigenvalue weighted by atomic mass is 10.1. The van der Waals surface area contributed by atoms with Crippen molar-refractivity contribution in [3.63, 3.8) is 0 Å². The summed E-state index contributed by atoms with van der Waals surface area (Å²) in [7, 11) is 0. The van der Waals surface area contributed by atoms with Gasteiger partial charge in [-0.15, -0.1) is 0 Å². The fourth-order valence-corrected chi connectivity index (χ4v) is 3.00. The monoisotopic (exact) mass is 376 g/mol. The van der Waals surface area contributed by atoms with Gasteiger partial charge in [0, 0.05) is 22.0 Å². The van der Waals surface area contributed by atoms with Crippen LogP contribution in [0.15, 0.2) is 72.8 Å². The highest BCUT2D eigenvalue weighted by Gasteiger charge is 2.15. The van der Waals surface area contributed by atoms with Crippen LogP contribution in [0.4, 0.5) is 17.3 Å². The van der Waals surface area contributed by atoms with Crippen molar-refractivity contribution in [2.45, 2.75) is 0 Å². The largest absolute Gasteiger partial charge is 0.318 e. The molecular weight excluding hydrogens is 364 g/mol. The van der Waals surface area contributed by atoms with E-state index in [-0.39, 0.29) is 11.6 Å². The van der Waals surface area contributed by atoms with Gasteiger partial charge >= 0.3 is 0 Å². The summed E-state index contributed by atoms with van der Waals surface area (Å²) < 4.78 is 0. The predicted octanol–water partition coefficient (Wildman–Crippen LogP) is 5.60. The number of hydrogen-bond donors (Lipinski definition) is 1. The van der Waals surface area contributed by atoms with Crippen molar-refractivity contribution in [2.24, 2.45) is 0 Å². The lowest BCUT2D eigenvalue weighted by Crippen LogP contribution is -2.02. The summed E-state index contributed by atoms with van der Waals surface area (Å²) in [6.45, 7) is 0. The van der Waals surface area contributed by atoms with E-state index in [4.69, 9.17) is 11.6 Å². The molecular formula is C20H13ClN4O2. The first-order valence-corrected chi connectivity index (χ1v) is 8.53. The number of benzene rings is 3. The zero-order valence-corrected chi connectivity index (χ0v) is 14.7. The van der Waals surface area contributed by atoms with Crippen LogP contribution in [-0.4, -0.2) is 14.9 Å². The summed E-state index contributed by atoms with van der Waals surface area (Å²) >= 11 is 6.16. The van der Waals surface area contributed by atoms with Gasteiger partial charge in [-0.3, -0.25) is 10.1 Å². The highest BCUT2D eigenvalue weighted by atomic mass is 35.5. The van der Waals surface area contributed by atoms with Crippen LogP contribution in [0.2, 0.25) is 5.02 Å². The molecule has 0 fully saturated rings. The van der Waals surface area contributed by atoms with Crippen LogP contribution in [0.1, 0.15) is 0 Å². The van der Waals surface area contributed by atoms with Crippen LogP contribution in [0.5, 0.6) is 0 Å². The molecule has 0 spiro atoms.